The van der Waals surface area contributed by atoms with E-state index in [-0.39, 0.29) is 16.9 Å². The number of carbonyl (C=O) groups excluding carboxylic acids is 2. The van der Waals surface area contributed by atoms with Crippen LogP contribution in [-0.4, -0.2) is 24.6 Å². The number of hydrogen-bond acceptors (Lipinski definition) is 3. The molecule has 0 heterocycles. The standard InChI is InChI=1S/C23H22F2N2O3/c1-23(2,3)30-22(29)26-20-12-15-8-6-5-7-14(15)11-17(20)21(28)27(4)16-9-10-18(24)19(25)13-16/h5-13H,1-4H3,(H,26,29). The highest BCUT2D eigenvalue weighted by Gasteiger charge is 2.22. The summed E-state index contributed by atoms with van der Waals surface area (Å²) in [5.41, 5.74) is -0.0995. The van der Waals surface area contributed by atoms with E-state index >= 15 is 0 Å². The van der Waals surface area contributed by atoms with E-state index in [1.807, 2.05) is 24.3 Å². The Balaban J connectivity index is 2.02. The smallest absolute Gasteiger partial charge is 0.412 e. The zero-order valence-electron chi connectivity index (χ0n) is 17.1. The van der Waals surface area contributed by atoms with Crippen LogP contribution in [0.5, 0.6) is 0 Å². The molecule has 0 fully saturated rings. The van der Waals surface area contributed by atoms with E-state index in [4.69, 9.17) is 4.74 Å². The Hall–Kier alpha value is -3.48. The number of benzene rings is 3. The molecule has 0 spiro atoms. The molecule has 156 valence electrons. The van der Waals surface area contributed by atoms with Gasteiger partial charge < -0.3 is 9.64 Å². The largest absolute Gasteiger partial charge is 0.444 e. The third kappa shape index (κ3) is 4.74. The fourth-order valence-corrected chi connectivity index (χ4v) is 2.93. The van der Waals surface area contributed by atoms with Gasteiger partial charge in [-0.3, -0.25) is 10.1 Å². The number of nitrogens with zero attached hydrogens (tertiary/aromatic N) is 1. The van der Waals surface area contributed by atoms with Gasteiger partial charge in [0.2, 0.25) is 0 Å². The molecule has 3 aromatic rings. The molecular weight excluding hydrogens is 390 g/mol. The monoisotopic (exact) mass is 412 g/mol. The van der Waals surface area contributed by atoms with Gasteiger partial charge in [0.25, 0.3) is 5.91 Å². The molecule has 0 aliphatic carbocycles. The summed E-state index contributed by atoms with van der Waals surface area (Å²) in [4.78, 5) is 26.7. The van der Waals surface area contributed by atoms with Gasteiger partial charge in [-0.1, -0.05) is 24.3 Å². The van der Waals surface area contributed by atoms with Crippen molar-refractivity contribution in [2.75, 3.05) is 17.3 Å². The summed E-state index contributed by atoms with van der Waals surface area (Å²) in [5.74, 6) is -2.56. The number of fused-ring (bicyclic) bond motifs is 1. The molecule has 0 bridgehead atoms. The number of anilines is 2. The van der Waals surface area contributed by atoms with Crippen LogP contribution in [0.25, 0.3) is 10.8 Å². The number of halogens is 2. The van der Waals surface area contributed by atoms with Crippen molar-refractivity contribution < 1.29 is 23.1 Å². The molecule has 5 nitrogen and oxygen atoms in total. The molecule has 0 radical (unpaired) electrons. The molecule has 0 aromatic heterocycles. The van der Waals surface area contributed by atoms with Gasteiger partial charge in [0, 0.05) is 18.8 Å². The van der Waals surface area contributed by atoms with Crippen molar-refractivity contribution in [1.82, 2.24) is 0 Å². The first-order valence-electron chi connectivity index (χ1n) is 9.31. The van der Waals surface area contributed by atoms with Crippen LogP contribution in [0.4, 0.5) is 25.0 Å². The SMILES string of the molecule is CN(C(=O)c1cc2ccccc2cc1NC(=O)OC(C)(C)C)c1ccc(F)c(F)c1. The van der Waals surface area contributed by atoms with Crippen molar-refractivity contribution in [1.29, 1.82) is 0 Å². The van der Waals surface area contributed by atoms with Gasteiger partial charge in [0.15, 0.2) is 11.6 Å². The first kappa shape index (κ1) is 21.2. The Labute approximate surface area is 173 Å². The van der Waals surface area contributed by atoms with Gasteiger partial charge in [-0.2, -0.15) is 0 Å². The average molecular weight is 412 g/mol. The second kappa shape index (κ2) is 8.10. The van der Waals surface area contributed by atoms with Crippen molar-refractivity contribution in [2.24, 2.45) is 0 Å². The van der Waals surface area contributed by atoms with Crippen LogP contribution < -0.4 is 10.2 Å². The minimum atomic E-state index is -1.06. The van der Waals surface area contributed by atoms with Gasteiger partial charge in [0.1, 0.15) is 5.60 Å². The van der Waals surface area contributed by atoms with Crippen molar-refractivity contribution in [3.8, 4) is 0 Å². The lowest BCUT2D eigenvalue weighted by Gasteiger charge is -2.22. The van der Waals surface area contributed by atoms with E-state index < -0.39 is 29.2 Å². The van der Waals surface area contributed by atoms with Crippen LogP contribution in [0.3, 0.4) is 0 Å². The number of nitrogens with one attached hydrogen (secondary N) is 1. The Kier molecular flexibility index (Phi) is 5.73. The predicted molar refractivity (Wildman–Crippen MR) is 113 cm³/mol. The molecule has 0 unspecified atom stereocenters. The Morgan fingerprint density at radius 3 is 2.17 bits per heavy atom. The fourth-order valence-electron chi connectivity index (χ4n) is 2.93. The normalized spacial score (nSPS) is 11.3. The molecule has 3 rings (SSSR count). The van der Waals surface area contributed by atoms with Crippen molar-refractivity contribution in [2.45, 2.75) is 26.4 Å². The summed E-state index contributed by atoms with van der Waals surface area (Å²) in [7, 11) is 1.45. The maximum atomic E-state index is 13.6. The molecule has 30 heavy (non-hydrogen) atoms. The maximum absolute atomic E-state index is 13.6. The van der Waals surface area contributed by atoms with Crippen LogP contribution in [0.2, 0.25) is 0 Å². The van der Waals surface area contributed by atoms with Crippen LogP contribution in [0, 0.1) is 11.6 Å². The highest BCUT2D eigenvalue weighted by molar-refractivity contribution is 6.13. The molecule has 1 N–H and O–H groups in total. The maximum Gasteiger partial charge on any atom is 0.412 e. The summed E-state index contributed by atoms with van der Waals surface area (Å²) in [5, 5.41) is 4.23. The van der Waals surface area contributed by atoms with Gasteiger partial charge in [-0.15, -0.1) is 0 Å². The topological polar surface area (TPSA) is 58.6 Å². The zero-order chi connectivity index (χ0) is 22.1. The first-order chi connectivity index (χ1) is 14.0. The minimum Gasteiger partial charge on any atom is -0.444 e. The summed E-state index contributed by atoms with van der Waals surface area (Å²) in [6.45, 7) is 5.20. The minimum absolute atomic E-state index is 0.176. The Morgan fingerprint density at radius 2 is 1.57 bits per heavy atom. The summed E-state index contributed by atoms with van der Waals surface area (Å²) >= 11 is 0. The van der Waals surface area contributed by atoms with E-state index in [0.717, 1.165) is 22.9 Å². The van der Waals surface area contributed by atoms with Crippen LogP contribution in [0.15, 0.2) is 54.6 Å². The lowest BCUT2D eigenvalue weighted by atomic mass is 10.0. The Bertz CT molecular complexity index is 1120. The molecule has 3 aromatic carbocycles. The highest BCUT2D eigenvalue weighted by Crippen LogP contribution is 2.28. The second-order valence-corrected chi connectivity index (χ2v) is 7.83. The second-order valence-electron chi connectivity index (χ2n) is 7.83. The molecular formula is C23H22F2N2O3. The summed E-state index contributed by atoms with van der Waals surface area (Å²) < 4.78 is 32.2. The number of amides is 2. The predicted octanol–water partition coefficient (Wildman–Crippen LogP) is 5.74. The van der Waals surface area contributed by atoms with Gasteiger partial charge in [-0.25, -0.2) is 13.6 Å². The molecule has 0 atom stereocenters. The van der Waals surface area contributed by atoms with Crippen molar-refractivity contribution in [3.05, 3.63) is 71.8 Å². The van der Waals surface area contributed by atoms with E-state index in [1.165, 1.54) is 18.0 Å². The quantitative estimate of drug-likeness (QED) is 0.597. The molecule has 7 heteroatoms. The van der Waals surface area contributed by atoms with E-state index in [2.05, 4.69) is 5.32 Å². The van der Waals surface area contributed by atoms with Gasteiger partial charge in [0.05, 0.1) is 11.3 Å². The van der Waals surface area contributed by atoms with E-state index in [0.29, 0.717) is 0 Å². The number of ether oxygens (including phenoxy) is 1. The highest BCUT2D eigenvalue weighted by atomic mass is 19.2. The fraction of sp³-hybridized carbons (Fsp3) is 0.217. The number of rotatable bonds is 3. The third-order valence-corrected chi connectivity index (χ3v) is 4.35. The summed E-state index contributed by atoms with van der Waals surface area (Å²) in [6, 6.07) is 13.9. The van der Waals surface area contributed by atoms with Crippen molar-refractivity contribution in [3.63, 3.8) is 0 Å². The Morgan fingerprint density at radius 1 is 0.933 bits per heavy atom. The van der Waals surface area contributed by atoms with Gasteiger partial charge in [-0.05, 0) is 55.8 Å². The zero-order valence-corrected chi connectivity index (χ0v) is 17.1. The molecule has 0 aliphatic heterocycles. The van der Waals surface area contributed by atoms with Crippen LogP contribution in [0.1, 0.15) is 31.1 Å². The van der Waals surface area contributed by atoms with Crippen LogP contribution >= 0.6 is 0 Å². The number of carbonyl (C=O) groups is 2. The van der Waals surface area contributed by atoms with Gasteiger partial charge >= 0.3 is 6.09 Å². The van der Waals surface area contributed by atoms with Crippen molar-refractivity contribution >= 4 is 34.1 Å². The third-order valence-electron chi connectivity index (χ3n) is 4.35. The van der Waals surface area contributed by atoms with E-state index in [9.17, 15) is 18.4 Å². The first-order valence-corrected chi connectivity index (χ1v) is 9.31. The lowest BCUT2D eigenvalue weighted by molar-refractivity contribution is 0.0636. The average Bonchev–Trinajstić information content (AvgIpc) is 2.67. The van der Waals surface area contributed by atoms with Crippen LogP contribution in [-0.2, 0) is 4.74 Å². The molecule has 0 saturated carbocycles. The van der Waals surface area contributed by atoms with E-state index in [1.54, 1.807) is 32.9 Å². The molecule has 0 saturated heterocycles. The lowest BCUT2D eigenvalue weighted by Crippen LogP contribution is -2.30. The molecule has 0 aliphatic rings. The summed E-state index contributed by atoms with van der Waals surface area (Å²) in [6.07, 6.45) is -0.706. The molecule has 2 amide bonds. The number of hydrogen-bond donors (Lipinski definition) is 1.